The summed E-state index contributed by atoms with van der Waals surface area (Å²) in [5, 5.41) is 0. The number of rotatable bonds is 17. The normalized spacial score (nSPS) is 18.4. The molecule has 0 aromatic heterocycles. The van der Waals surface area contributed by atoms with Gasteiger partial charge in [0.25, 0.3) is 0 Å². The molecule has 1 atom stereocenters. The van der Waals surface area contributed by atoms with Gasteiger partial charge < -0.3 is 9.47 Å². The van der Waals surface area contributed by atoms with E-state index in [9.17, 15) is 0 Å². The zero-order valence-corrected chi connectivity index (χ0v) is 28.3. The fraction of sp³-hybridized carbons (Fsp3) is 0.571. The first-order chi connectivity index (χ1) is 21.5. The Morgan fingerprint density at radius 3 is 1.52 bits per heavy atom. The van der Waals surface area contributed by atoms with Gasteiger partial charge in [-0.25, -0.2) is 0 Å². The van der Waals surface area contributed by atoms with Crippen LogP contribution in [0.25, 0.3) is 0 Å². The van der Waals surface area contributed by atoms with Crippen molar-refractivity contribution in [3.63, 3.8) is 0 Å². The quantitative estimate of drug-likeness (QED) is 0.145. The Balaban J connectivity index is 1.15. The van der Waals surface area contributed by atoms with Crippen LogP contribution in [0.3, 0.4) is 0 Å². The summed E-state index contributed by atoms with van der Waals surface area (Å²) in [6.07, 6.45) is 23.8. The second kappa shape index (κ2) is 15.5. The molecule has 0 N–H and O–H groups in total. The van der Waals surface area contributed by atoms with E-state index in [-0.39, 0.29) is 5.60 Å². The molecule has 0 saturated heterocycles. The van der Waals surface area contributed by atoms with Gasteiger partial charge in [0.2, 0.25) is 0 Å². The van der Waals surface area contributed by atoms with Crippen LogP contribution in [-0.4, -0.2) is 5.60 Å². The minimum Gasteiger partial charge on any atom is -0.487 e. The molecule has 5 rings (SSSR count). The van der Waals surface area contributed by atoms with Crippen LogP contribution in [0.15, 0.2) is 60.7 Å². The molecular formula is C42H58O2. The summed E-state index contributed by atoms with van der Waals surface area (Å²) in [4.78, 5) is 0. The predicted molar refractivity (Wildman–Crippen MR) is 186 cm³/mol. The van der Waals surface area contributed by atoms with Gasteiger partial charge in [-0.2, -0.15) is 0 Å². The topological polar surface area (TPSA) is 18.5 Å². The second-order valence-corrected chi connectivity index (χ2v) is 14.1. The SMILES string of the molecule is CCCCCCCCCCCCCCCCC1(C)CCc2c3c(c(C)c(C)c2O1)OC(c1ccccc1)(c1ccccc1)C3. The third-order valence-corrected chi connectivity index (χ3v) is 10.6. The van der Waals surface area contributed by atoms with E-state index in [1.165, 1.54) is 123 Å². The molecule has 2 nitrogen and oxygen atoms in total. The van der Waals surface area contributed by atoms with Crippen molar-refractivity contribution in [1.82, 2.24) is 0 Å². The summed E-state index contributed by atoms with van der Waals surface area (Å²) >= 11 is 0. The average molecular weight is 595 g/mol. The highest BCUT2D eigenvalue weighted by molar-refractivity contribution is 5.63. The lowest BCUT2D eigenvalue weighted by atomic mass is 9.79. The second-order valence-electron chi connectivity index (χ2n) is 14.1. The first-order valence-electron chi connectivity index (χ1n) is 18.1. The Labute approximate surface area is 269 Å². The molecule has 2 aliphatic rings. The fourth-order valence-electron chi connectivity index (χ4n) is 7.71. The number of ether oxygens (including phenoxy) is 2. The maximum absolute atomic E-state index is 7.10. The zero-order chi connectivity index (χ0) is 30.8. The molecule has 0 fully saturated rings. The highest BCUT2D eigenvalue weighted by Crippen LogP contribution is 2.53. The molecule has 238 valence electrons. The van der Waals surface area contributed by atoms with Crippen LogP contribution >= 0.6 is 0 Å². The van der Waals surface area contributed by atoms with E-state index in [2.05, 4.69) is 88.4 Å². The molecule has 2 heterocycles. The zero-order valence-electron chi connectivity index (χ0n) is 28.3. The molecule has 0 aliphatic carbocycles. The molecule has 2 heteroatoms. The summed E-state index contributed by atoms with van der Waals surface area (Å²) in [7, 11) is 0. The lowest BCUT2D eigenvalue weighted by Gasteiger charge is -2.38. The van der Waals surface area contributed by atoms with Crippen LogP contribution in [0.1, 0.15) is 150 Å². The van der Waals surface area contributed by atoms with Crippen LogP contribution in [0, 0.1) is 13.8 Å². The van der Waals surface area contributed by atoms with Gasteiger partial charge in [-0.3, -0.25) is 0 Å². The number of fused-ring (bicyclic) bond motifs is 3. The summed E-state index contributed by atoms with van der Waals surface area (Å²) in [5.74, 6) is 2.22. The Kier molecular flexibility index (Phi) is 11.5. The molecule has 0 saturated carbocycles. The van der Waals surface area contributed by atoms with E-state index in [1.54, 1.807) is 0 Å². The molecule has 0 bridgehead atoms. The largest absolute Gasteiger partial charge is 0.487 e. The van der Waals surface area contributed by atoms with Gasteiger partial charge >= 0.3 is 0 Å². The van der Waals surface area contributed by atoms with E-state index in [1.807, 2.05) is 0 Å². The lowest BCUT2D eigenvalue weighted by molar-refractivity contribution is 0.0523. The summed E-state index contributed by atoms with van der Waals surface area (Å²) < 4.78 is 14.1. The monoisotopic (exact) mass is 594 g/mol. The molecular weight excluding hydrogens is 536 g/mol. The maximum atomic E-state index is 7.10. The van der Waals surface area contributed by atoms with E-state index >= 15 is 0 Å². The van der Waals surface area contributed by atoms with Crippen LogP contribution in [0.5, 0.6) is 11.5 Å². The van der Waals surface area contributed by atoms with E-state index in [0.29, 0.717) is 0 Å². The molecule has 1 unspecified atom stereocenters. The van der Waals surface area contributed by atoms with Crippen molar-refractivity contribution in [1.29, 1.82) is 0 Å². The third-order valence-electron chi connectivity index (χ3n) is 10.6. The van der Waals surface area contributed by atoms with Crippen molar-refractivity contribution in [2.24, 2.45) is 0 Å². The maximum Gasteiger partial charge on any atom is 0.163 e. The van der Waals surface area contributed by atoms with Crippen LogP contribution < -0.4 is 9.47 Å². The smallest absolute Gasteiger partial charge is 0.163 e. The number of benzene rings is 3. The van der Waals surface area contributed by atoms with E-state index in [0.717, 1.165) is 37.2 Å². The van der Waals surface area contributed by atoms with Gasteiger partial charge in [0.15, 0.2) is 5.60 Å². The van der Waals surface area contributed by atoms with Crippen LogP contribution in [-0.2, 0) is 18.4 Å². The lowest BCUT2D eigenvalue weighted by Crippen LogP contribution is -2.37. The van der Waals surface area contributed by atoms with E-state index in [4.69, 9.17) is 9.47 Å². The Morgan fingerprint density at radius 1 is 0.568 bits per heavy atom. The first kappa shape index (κ1) is 32.6. The average Bonchev–Trinajstić information content (AvgIpc) is 3.47. The number of hydrogen-bond donors (Lipinski definition) is 0. The molecule has 0 radical (unpaired) electrons. The Bertz CT molecular complexity index is 1270. The Morgan fingerprint density at radius 2 is 1.02 bits per heavy atom. The molecule has 0 amide bonds. The summed E-state index contributed by atoms with van der Waals surface area (Å²) in [6.45, 7) is 9.12. The van der Waals surface area contributed by atoms with Gasteiger partial charge in [0, 0.05) is 28.7 Å². The Hall–Kier alpha value is -2.74. The van der Waals surface area contributed by atoms with Gasteiger partial charge in [0.05, 0.1) is 0 Å². The van der Waals surface area contributed by atoms with Crippen LogP contribution in [0.4, 0.5) is 0 Å². The number of hydrogen-bond acceptors (Lipinski definition) is 2. The molecule has 0 spiro atoms. The van der Waals surface area contributed by atoms with Crippen molar-refractivity contribution in [2.75, 3.05) is 0 Å². The molecule has 3 aromatic carbocycles. The van der Waals surface area contributed by atoms with Gasteiger partial charge in [-0.15, -0.1) is 0 Å². The molecule has 2 aliphatic heterocycles. The molecule has 44 heavy (non-hydrogen) atoms. The van der Waals surface area contributed by atoms with Crippen LogP contribution in [0.2, 0.25) is 0 Å². The van der Waals surface area contributed by atoms with Crippen molar-refractivity contribution in [3.8, 4) is 11.5 Å². The van der Waals surface area contributed by atoms with Gasteiger partial charge in [-0.1, -0.05) is 151 Å². The van der Waals surface area contributed by atoms with Crippen molar-refractivity contribution >= 4 is 0 Å². The highest BCUT2D eigenvalue weighted by atomic mass is 16.5. The van der Waals surface area contributed by atoms with Gasteiger partial charge in [-0.05, 0) is 57.6 Å². The minimum absolute atomic E-state index is 0.0784. The first-order valence-corrected chi connectivity index (χ1v) is 18.1. The summed E-state index contributed by atoms with van der Waals surface area (Å²) in [5.41, 5.74) is 7.07. The van der Waals surface area contributed by atoms with Crippen molar-refractivity contribution < 1.29 is 9.47 Å². The van der Waals surface area contributed by atoms with Gasteiger partial charge in [0.1, 0.15) is 17.1 Å². The highest BCUT2D eigenvalue weighted by Gasteiger charge is 2.46. The minimum atomic E-state index is -0.508. The number of unbranched alkanes of at least 4 members (excludes halogenated alkanes) is 13. The third kappa shape index (κ3) is 7.55. The van der Waals surface area contributed by atoms with Crippen molar-refractivity contribution in [3.05, 3.63) is 94.0 Å². The summed E-state index contributed by atoms with van der Waals surface area (Å²) in [6, 6.07) is 21.6. The standard InChI is InChI=1S/C42H58O2/c1-5-6-7-8-9-10-11-12-13-14-15-16-17-24-30-41(4)31-29-37-38-32-42(35-25-20-18-21-26-35,36-27-22-19-23-28-36)44-40(38)34(3)33(2)39(37)43-41/h18-23,25-28H,5-17,24,29-32H2,1-4H3. The van der Waals surface area contributed by atoms with E-state index < -0.39 is 5.60 Å². The fourth-order valence-corrected chi connectivity index (χ4v) is 7.71. The molecule has 3 aromatic rings. The predicted octanol–water partition coefficient (Wildman–Crippen LogP) is 12.1. The van der Waals surface area contributed by atoms with Crippen molar-refractivity contribution in [2.45, 2.75) is 154 Å².